The van der Waals surface area contributed by atoms with Gasteiger partial charge < -0.3 is 10.4 Å². The number of rotatable bonds is 1. The number of hydrogen-bond acceptors (Lipinski definition) is 3. The molecule has 1 aliphatic heterocycles. The van der Waals surface area contributed by atoms with Gasteiger partial charge >= 0.3 is 0 Å². The van der Waals surface area contributed by atoms with Crippen molar-refractivity contribution in [2.45, 2.75) is 50.5 Å². The molecule has 1 aliphatic carbocycles. The summed E-state index contributed by atoms with van der Waals surface area (Å²) in [6.45, 7) is 1.69. The van der Waals surface area contributed by atoms with E-state index in [9.17, 15) is 10.4 Å². The van der Waals surface area contributed by atoms with Gasteiger partial charge in [0.1, 0.15) is 0 Å². The van der Waals surface area contributed by atoms with Crippen LogP contribution in [0.2, 0.25) is 0 Å². The van der Waals surface area contributed by atoms with Crippen molar-refractivity contribution in [3.63, 3.8) is 0 Å². The lowest BCUT2D eigenvalue weighted by Crippen LogP contribution is -2.54. The molecule has 84 valence electrons. The Balaban J connectivity index is 2.19. The van der Waals surface area contributed by atoms with Crippen molar-refractivity contribution < 1.29 is 5.11 Å². The maximum Gasteiger partial charge on any atom is 0.0861 e. The summed E-state index contributed by atoms with van der Waals surface area (Å²) in [5, 5.41) is 23.4. The standard InChI is InChI=1S/C12H20N2O/c13-10-11(4-2-1-3-5-11)12(15)6-8-14-9-7-12/h14-15H,1-9H2. The maximum absolute atomic E-state index is 10.7. The number of nitrogens with one attached hydrogen (secondary N) is 1. The fourth-order valence-electron chi connectivity index (χ4n) is 3.16. The van der Waals surface area contributed by atoms with Crippen LogP contribution in [-0.2, 0) is 0 Å². The van der Waals surface area contributed by atoms with Gasteiger partial charge in [-0.2, -0.15) is 5.26 Å². The summed E-state index contributed by atoms with van der Waals surface area (Å²) in [5.74, 6) is 0. The van der Waals surface area contributed by atoms with Crippen LogP contribution in [0.4, 0.5) is 0 Å². The van der Waals surface area contributed by atoms with Crippen LogP contribution in [0.15, 0.2) is 0 Å². The molecule has 2 rings (SSSR count). The van der Waals surface area contributed by atoms with Crippen molar-refractivity contribution in [1.29, 1.82) is 5.26 Å². The van der Waals surface area contributed by atoms with E-state index in [4.69, 9.17) is 0 Å². The second-order valence-corrected chi connectivity index (χ2v) is 5.04. The minimum Gasteiger partial charge on any atom is -0.388 e. The molecule has 0 aromatic carbocycles. The Labute approximate surface area is 91.5 Å². The van der Waals surface area contributed by atoms with Crippen molar-refractivity contribution in [3.05, 3.63) is 0 Å². The lowest BCUT2D eigenvalue weighted by molar-refractivity contribution is -0.0923. The number of nitrogens with zero attached hydrogens (tertiary/aromatic N) is 1. The van der Waals surface area contributed by atoms with Crippen molar-refractivity contribution >= 4 is 0 Å². The monoisotopic (exact) mass is 208 g/mol. The van der Waals surface area contributed by atoms with Gasteiger partial charge in [0.25, 0.3) is 0 Å². The van der Waals surface area contributed by atoms with Crippen LogP contribution in [0.25, 0.3) is 0 Å². The van der Waals surface area contributed by atoms with E-state index in [1.807, 2.05) is 0 Å². The Morgan fingerprint density at radius 1 is 1.00 bits per heavy atom. The van der Waals surface area contributed by atoms with Crippen molar-refractivity contribution in [1.82, 2.24) is 5.32 Å². The topological polar surface area (TPSA) is 56.0 Å². The molecule has 0 aromatic heterocycles. The average molecular weight is 208 g/mol. The van der Waals surface area contributed by atoms with Gasteiger partial charge in [0.15, 0.2) is 0 Å². The SMILES string of the molecule is N#CC1(C2(O)CCNCC2)CCCCC1. The zero-order valence-corrected chi connectivity index (χ0v) is 9.26. The highest BCUT2D eigenvalue weighted by atomic mass is 16.3. The fraction of sp³-hybridized carbons (Fsp3) is 0.917. The lowest BCUT2D eigenvalue weighted by atomic mass is 9.61. The predicted molar refractivity (Wildman–Crippen MR) is 58.2 cm³/mol. The molecule has 2 fully saturated rings. The summed E-state index contributed by atoms with van der Waals surface area (Å²) >= 11 is 0. The Kier molecular flexibility index (Phi) is 2.99. The van der Waals surface area contributed by atoms with Crippen LogP contribution in [0.5, 0.6) is 0 Å². The average Bonchev–Trinajstić information content (AvgIpc) is 2.31. The normalized spacial score (nSPS) is 29.3. The van der Waals surface area contributed by atoms with Crippen LogP contribution in [0.3, 0.4) is 0 Å². The van der Waals surface area contributed by atoms with Gasteiger partial charge in [0.2, 0.25) is 0 Å². The lowest BCUT2D eigenvalue weighted by Gasteiger charge is -2.47. The Hall–Kier alpha value is -0.590. The molecule has 0 spiro atoms. The first-order chi connectivity index (χ1) is 7.22. The molecule has 0 atom stereocenters. The summed E-state index contributed by atoms with van der Waals surface area (Å²) in [5.41, 5.74) is -1.18. The van der Waals surface area contributed by atoms with Crippen molar-refractivity contribution in [3.8, 4) is 6.07 Å². The highest BCUT2D eigenvalue weighted by Crippen LogP contribution is 2.48. The minimum absolute atomic E-state index is 0.451. The summed E-state index contributed by atoms with van der Waals surface area (Å²) in [4.78, 5) is 0. The number of aliphatic hydroxyl groups is 1. The van der Waals surface area contributed by atoms with Gasteiger partial charge in [-0.05, 0) is 38.8 Å². The third kappa shape index (κ3) is 1.77. The number of piperidine rings is 1. The van der Waals surface area contributed by atoms with Crippen LogP contribution in [0, 0.1) is 16.7 Å². The zero-order valence-electron chi connectivity index (χ0n) is 9.26. The molecule has 3 nitrogen and oxygen atoms in total. The van der Waals surface area contributed by atoms with Gasteiger partial charge in [-0.15, -0.1) is 0 Å². The van der Waals surface area contributed by atoms with Crippen LogP contribution >= 0.6 is 0 Å². The van der Waals surface area contributed by atoms with E-state index in [-0.39, 0.29) is 0 Å². The van der Waals surface area contributed by atoms with Gasteiger partial charge in [-0.1, -0.05) is 19.3 Å². The largest absolute Gasteiger partial charge is 0.388 e. The molecule has 0 aromatic rings. The third-order valence-electron chi connectivity index (χ3n) is 4.24. The first kappa shape index (κ1) is 10.9. The highest BCUT2D eigenvalue weighted by Gasteiger charge is 2.51. The van der Waals surface area contributed by atoms with Crippen molar-refractivity contribution in [2.24, 2.45) is 5.41 Å². The molecular weight excluding hydrogens is 188 g/mol. The molecule has 1 heterocycles. The van der Waals surface area contributed by atoms with E-state index in [0.29, 0.717) is 0 Å². The first-order valence-corrected chi connectivity index (χ1v) is 6.07. The molecule has 15 heavy (non-hydrogen) atoms. The maximum atomic E-state index is 10.7. The molecule has 0 unspecified atom stereocenters. The van der Waals surface area contributed by atoms with E-state index < -0.39 is 11.0 Å². The number of hydrogen-bond donors (Lipinski definition) is 2. The molecule has 1 saturated carbocycles. The molecule has 0 bridgehead atoms. The summed E-state index contributed by atoms with van der Waals surface area (Å²) in [7, 11) is 0. The third-order valence-corrected chi connectivity index (χ3v) is 4.24. The van der Waals surface area contributed by atoms with Crippen LogP contribution in [-0.4, -0.2) is 23.8 Å². The van der Waals surface area contributed by atoms with Crippen LogP contribution in [0.1, 0.15) is 44.9 Å². The van der Waals surface area contributed by atoms with Gasteiger partial charge in [0, 0.05) is 0 Å². The summed E-state index contributed by atoms with van der Waals surface area (Å²) < 4.78 is 0. The second-order valence-electron chi connectivity index (χ2n) is 5.04. The minimum atomic E-state index is -0.729. The van der Waals surface area contributed by atoms with E-state index in [1.165, 1.54) is 6.42 Å². The highest BCUT2D eigenvalue weighted by molar-refractivity contribution is 5.13. The zero-order chi connectivity index (χ0) is 10.8. The van der Waals surface area contributed by atoms with Gasteiger partial charge in [-0.25, -0.2) is 0 Å². The van der Waals surface area contributed by atoms with E-state index in [0.717, 1.165) is 51.6 Å². The molecule has 2 aliphatic rings. The summed E-state index contributed by atoms with van der Waals surface area (Å²) in [6.07, 6.45) is 6.67. The van der Waals surface area contributed by atoms with Gasteiger partial charge in [0.05, 0.1) is 17.1 Å². The molecular formula is C12H20N2O. The van der Waals surface area contributed by atoms with E-state index >= 15 is 0 Å². The second kappa shape index (κ2) is 4.11. The molecule has 0 amide bonds. The summed E-state index contributed by atoms with van der Waals surface area (Å²) in [6, 6.07) is 2.45. The smallest absolute Gasteiger partial charge is 0.0861 e. The molecule has 2 N–H and O–H groups in total. The molecule has 1 saturated heterocycles. The van der Waals surface area contributed by atoms with E-state index in [2.05, 4.69) is 11.4 Å². The Bertz CT molecular complexity index is 257. The molecule has 0 radical (unpaired) electrons. The van der Waals surface area contributed by atoms with Crippen LogP contribution < -0.4 is 5.32 Å². The Morgan fingerprint density at radius 2 is 1.60 bits per heavy atom. The quantitative estimate of drug-likeness (QED) is 0.688. The van der Waals surface area contributed by atoms with E-state index in [1.54, 1.807) is 0 Å². The van der Waals surface area contributed by atoms with Gasteiger partial charge in [-0.3, -0.25) is 0 Å². The first-order valence-electron chi connectivity index (χ1n) is 6.07. The molecule has 3 heteroatoms. The fourth-order valence-corrected chi connectivity index (χ4v) is 3.16. The Morgan fingerprint density at radius 3 is 2.13 bits per heavy atom. The van der Waals surface area contributed by atoms with Crippen molar-refractivity contribution in [2.75, 3.05) is 13.1 Å². The number of nitriles is 1. The predicted octanol–water partition coefficient (Wildman–Crippen LogP) is 1.57.